The van der Waals surface area contributed by atoms with Gasteiger partial charge in [0.05, 0.1) is 0 Å². The number of carbonyl (C=O) groups excluding carboxylic acids is 1. The molecule has 0 saturated carbocycles. The van der Waals surface area contributed by atoms with Crippen LogP contribution in [-0.2, 0) is 17.6 Å². The zero-order chi connectivity index (χ0) is 12.1. The van der Waals surface area contributed by atoms with Crippen LogP contribution in [0.4, 0.5) is 0 Å². The number of likely N-dealkylation sites (N-methyl/N-ethyl adjacent to an activating group) is 1. The van der Waals surface area contributed by atoms with Crippen molar-refractivity contribution in [1.82, 2.24) is 4.90 Å². The van der Waals surface area contributed by atoms with Crippen LogP contribution in [0.5, 0.6) is 0 Å². The molecule has 0 fully saturated rings. The molecule has 0 aliphatic heterocycles. The molecule has 2 heteroatoms. The van der Waals surface area contributed by atoms with E-state index in [2.05, 4.69) is 38.1 Å². The summed E-state index contributed by atoms with van der Waals surface area (Å²) in [6.07, 6.45) is 1.99. The lowest BCUT2D eigenvalue weighted by Gasteiger charge is -2.23. The molecule has 0 heterocycles. The standard InChI is InChI=1S/C14H21NO/c1-5-13-6-8-14(9-7-13)10-11(2)15(4)12(3)16/h6-9,11H,5,10H2,1-4H3. The van der Waals surface area contributed by atoms with E-state index in [0.717, 1.165) is 12.8 Å². The van der Waals surface area contributed by atoms with Crippen LogP contribution in [0.25, 0.3) is 0 Å². The van der Waals surface area contributed by atoms with Crippen molar-refractivity contribution in [2.75, 3.05) is 7.05 Å². The highest BCUT2D eigenvalue weighted by molar-refractivity contribution is 5.73. The summed E-state index contributed by atoms with van der Waals surface area (Å²) in [5, 5.41) is 0. The average Bonchev–Trinajstić information content (AvgIpc) is 2.28. The summed E-state index contributed by atoms with van der Waals surface area (Å²) < 4.78 is 0. The predicted octanol–water partition coefficient (Wildman–Crippen LogP) is 2.66. The molecule has 0 aliphatic carbocycles. The Labute approximate surface area is 98.3 Å². The van der Waals surface area contributed by atoms with Gasteiger partial charge in [-0.2, -0.15) is 0 Å². The number of hydrogen-bond acceptors (Lipinski definition) is 1. The van der Waals surface area contributed by atoms with Crippen LogP contribution in [0.1, 0.15) is 31.9 Å². The van der Waals surface area contributed by atoms with E-state index in [9.17, 15) is 4.79 Å². The lowest BCUT2D eigenvalue weighted by Crippen LogP contribution is -2.34. The maximum Gasteiger partial charge on any atom is 0.219 e. The maximum absolute atomic E-state index is 11.2. The van der Waals surface area contributed by atoms with Crippen molar-refractivity contribution >= 4 is 5.91 Å². The van der Waals surface area contributed by atoms with Gasteiger partial charge in [0, 0.05) is 20.0 Å². The van der Waals surface area contributed by atoms with E-state index in [-0.39, 0.29) is 11.9 Å². The Morgan fingerprint density at radius 2 is 1.75 bits per heavy atom. The van der Waals surface area contributed by atoms with Crippen LogP contribution in [0, 0.1) is 0 Å². The molecule has 0 bridgehead atoms. The first-order valence-corrected chi connectivity index (χ1v) is 5.85. The molecule has 0 aromatic heterocycles. The third-order valence-electron chi connectivity index (χ3n) is 3.12. The van der Waals surface area contributed by atoms with Gasteiger partial charge in [0.25, 0.3) is 0 Å². The van der Waals surface area contributed by atoms with Gasteiger partial charge in [-0.1, -0.05) is 31.2 Å². The van der Waals surface area contributed by atoms with Crippen LogP contribution in [0.2, 0.25) is 0 Å². The molecule has 0 aliphatic rings. The lowest BCUT2D eigenvalue weighted by atomic mass is 10.0. The van der Waals surface area contributed by atoms with Crippen molar-refractivity contribution in [1.29, 1.82) is 0 Å². The molecule has 0 saturated heterocycles. The Morgan fingerprint density at radius 3 is 2.19 bits per heavy atom. The van der Waals surface area contributed by atoms with Crippen molar-refractivity contribution in [3.05, 3.63) is 35.4 Å². The highest BCUT2D eigenvalue weighted by Crippen LogP contribution is 2.10. The Bertz CT molecular complexity index is 342. The monoisotopic (exact) mass is 219 g/mol. The van der Waals surface area contributed by atoms with E-state index in [1.54, 1.807) is 11.8 Å². The second kappa shape index (κ2) is 5.69. The minimum absolute atomic E-state index is 0.123. The molecule has 16 heavy (non-hydrogen) atoms. The van der Waals surface area contributed by atoms with Gasteiger partial charge < -0.3 is 4.90 Å². The number of hydrogen-bond donors (Lipinski definition) is 0. The molecular formula is C14H21NO. The summed E-state index contributed by atoms with van der Waals surface area (Å²) in [7, 11) is 1.85. The van der Waals surface area contributed by atoms with Gasteiger partial charge in [0.2, 0.25) is 5.91 Å². The molecule has 1 amide bonds. The summed E-state index contributed by atoms with van der Waals surface area (Å²) in [4.78, 5) is 13.0. The lowest BCUT2D eigenvalue weighted by molar-refractivity contribution is -0.129. The van der Waals surface area contributed by atoms with E-state index in [1.165, 1.54) is 11.1 Å². The van der Waals surface area contributed by atoms with Gasteiger partial charge in [-0.05, 0) is 30.9 Å². The Kier molecular flexibility index (Phi) is 4.53. The van der Waals surface area contributed by atoms with Crippen LogP contribution in [0.3, 0.4) is 0 Å². The second-order valence-electron chi connectivity index (χ2n) is 4.35. The van der Waals surface area contributed by atoms with Gasteiger partial charge in [-0.3, -0.25) is 4.79 Å². The molecule has 1 aromatic carbocycles. The first-order valence-electron chi connectivity index (χ1n) is 5.85. The highest BCUT2D eigenvalue weighted by atomic mass is 16.2. The Balaban J connectivity index is 2.62. The van der Waals surface area contributed by atoms with Gasteiger partial charge in [0.1, 0.15) is 0 Å². The average molecular weight is 219 g/mol. The van der Waals surface area contributed by atoms with Crippen LogP contribution in [0.15, 0.2) is 24.3 Å². The van der Waals surface area contributed by atoms with E-state index >= 15 is 0 Å². The molecule has 0 spiro atoms. The van der Waals surface area contributed by atoms with Crippen molar-refractivity contribution in [2.45, 2.75) is 39.7 Å². The maximum atomic E-state index is 11.2. The molecule has 1 unspecified atom stereocenters. The summed E-state index contributed by atoms with van der Waals surface area (Å²) in [5.74, 6) is 0.123. The van der Waals surface area contributed by atoms with E-state index in [4.69, 9.17) is 0 Å². The van der Waals surface area contributed by atoms with Gasteiger partial charge in [-0.15, -0.1) is 0 Å². The largest absolute Gasteiger partial charge is 0.343 e. The molecule has 2 nitrogen and oxygen atoms in total. The van der Waals surface area contributed by atoms with Gasteiger partial charge in [-0.25, -0.2) is 0 Å². The fourth-order valence-corrected chi connectivity index (χ4v) is 1.70. The predicted molar refractivity (Wildman–Crippen MR) is 67.4 cm³/mol. The SMILES string of the molecule is CCc1ccc(CC(C)N(C)C(C)=O)cc1. The minimum atomic E-state index is 0.123. The molecule has 1 atom stereocenters. The first kappa shape index (κ1) is 12.8. The normalized spacial score (nSPS) is 12.2. The van der Waals surface area contributed by atoms with Gasteiger partial charge in [0.15, 0.2) is 0 Å². The summed E-state index contributed by atoms with van der Waals surface area (Å²) in [6.45, 7) is 5.84. The third kappa shape index (κ3) is 3.37. The number of rotatable bonds is 4. The molecular weight excluding hydrogens is 198 g/mol. The minimum Gasteiger partial charge on any atom is -0.343 e. The molecule has 1 rings (SSSR count). The van der Waals surface area contributed by atoms with E-state index < -0.39 is 0 Å². The number of benzene rings is 1. The number of carbonyl (C=O) groups is 1. The third-order valence-corrected chi connectivity index (χ3v) is 3.12. The van der Waals surface area contributed by atoms with Crippen molar-refractivity contribution < 1.29 is 4.79 Å². The summed E-state index contributed by atoms with van der Waals surface area (Å²) >= 11 is 0. The smallest absolute Gasteiger partial charge is 0.219 e. The zero-order valence-electron chi connectivity index (χ0n) is 10.7. The Morgan fingerprint density at radius 1 is 1.25 bits per heavy atom. The van der Waals surface area contributed by atoms with Crippen molar-refractivity contribution in [3.8, 4) is 0 Å². The first-order chi connectivity index (χ1) is 7.54. The van der Waals surface area contributed by atoms with E-state index in [1.807, 2.05) is 7.05 Å². The van der Waals surface area contributed by atoms with E-state index in [0.29, 0.717) is 0 Å². The van der Waals surface area contributed by atoms with Gasteiger partial charge >= 0.3 is 0 Å². The topological polar surface area (TPSA) is 20.3 Å². The fraction of sp³-hybridized carbons (Fsp3) is 0.500. The molecule has 0 N–H and O–H groups in total. The van der Waals surface area contributed by atoms with Crippen LogP contribution < -0.4 is 0 Å². The number of aryl methyl sites for hydroxylation is 1. The van der Waals surface area contributed by atoms with Crippen LogP contribution >= 0.6 is 0 Å². The summed E-state index contributed by atoms with van der Waals surface area (Å²) in [5.41, 5.74) is 2.65. The van der Waals surface area contributed by atoms with Crippen LogP contribution in [-0.4, -0.2) is 23.9 Å². The molecule has 0 radical (unpaired) electrons. The molecule has 1 aromatic rings. The summed E-state index contributed by atoms with van der Waals surface area (Å²) in [6, 6.07) is 8.89. The quantitative estimate of drug-likeness (QED) is 0.762. The highest BCUT2D eigenvalue weighted by Gasteiger charge is 2.11. The number of amides is 1. The second-order valence-corrected chi connectivity index (χ2v) is 4.35. The molecule has 88 valence electrons. The fourth-order valence-electron chi connectivity index (χ4n) is 1.70. The van der Waals surface area contributed by atoms with Crippen molar-refractivity contribution in [3.63, 3.8) is 0 Å². The zero-order valence-corrected chi connectivity index (χ0v) is 10.7. The van der Waals surface area contributed by atoms with Crippen molar-refractivity contribution in [2.24, 2.45) is 0 Å². The Hall–Kier alpha value is -1.31. The number of nitrogens with zero attached hydrogens (tertiary/aromatic N) is 1.